The van der Waals surface area contributed by atoms with Gasteiger partial charge < -0.3 is 11.1 Å². The van der Waals surface area contributed by atoms with Crippen LogP contribution in [-0.2, 0) is 36.9 Å². The molecule has 0 saturated carbocycles. The molecular formula is C55H59F3IN7O10. The quantitative estimate of drug-likeness (QED) is 0.0205. The molecule has 4 aliphatic rings. The number of carbonyl (C=O) groups excluding carboxylic acids is 9. The monoisotopic (exact) mass is 1160 g/mol. The minimum Gasteiger partial charge on any atom is -0.350 e. The maximum atomic E-state index is 14.6. The van der Waals surface area contributed by atoms with Gasteiger partial charge in [-0.25, -0.2) is 18.7 Å². The van der Waals surface area contributed by atoms with Crippen LogP contribution in [-0.4, -0.2) is 88.2 Å². The highest BCUT2D eigenvalue weighted by Crippen LogP contribution is 2.33. The molecule has 402 valence electrons. The SMILES string of the molecule is NCCCCCCc1cccc2c1C(=O)N(C1CCC(=O)NC1=O)C2=O.O=C1CCC(N2C(=O)c3cccc(CCCCCCCCCCONC(=O)c4ccc(F)c(F)c4Nc4ccc(I)cc4F)c3C2=O)C(=O)N1. The summed E-state index contributed by atoms with van der Waals surface area (Å²) in [4.78, 5) is 119. The summed E-state index contributed by atoms with van der Waals surface area (Å²) >= 11 is 1.92. The van der Waals surface area contributed by atoms with Crippen molar-refractivity contribution in [2.45, 2.75) is 128 Å². The van der Waals surface area contributed by atoms with Crippen molar-refractivity contribution in [3.05, 3.63) is 127 Å². The zero-order valence-corrected chi connectivity index (χ0v) is 43.9. The molecular weight excluding hydrogens is 1100 g/mol. The van der Waals surface area contributed by atoms with Crippen LogP contribution < -0.4 is 27.2 Å². The third-order valence-electron chi connectivity index (χ3n) is 13.6. The average molecular weight is 1160 g/mol. The van der Waals surface area contributed by atoms with E-state index in [1.54, 1.807) is 30.3 Å². The summed E-state index contributed by atoms with van der Waals surface area (Å²) < 4.78 is 43.5. The first-order valence-corrected chi connectivity index (χ1v) is 26.7. The number of rotatable bonds is 23. The second-order valence-electron chi connectivity index (χ2n) is 18.9. The van der Waals surface area contributed by atoms with Gasteiger partial charge in [0, 0.05) is 16.4 Å². The normalized spacial score (nSPS) is 17.1. The fourth-order valence-corrected chi connectivity index (χ4v) is 10.2. The number of aryl methyl sites for hydroxylation is 2. The summed E-state index contributed by atoms with van der Waals surface area (Å²) in [5.74, 6) is -7.87. The molecule has 21 heteroatoms. The van der Waals surface area contributed by atoms with Crippen LogP contribution in [0.1, 0.15) is 166 Å². The molecule has 4 aromatic rings. The zero-order chi connectivity index (χ0) is 54.5. The number of hydrogen-bond donors (Lipinski definition) is 5. The molecule has 4 aliphatic heterocycles. The Morgan fingerprint density at radius 1 is 0.618 bits per heavy atom. The van der Waals surface area contributed by atoms with Crippen molar-refractivity contribution in [1.29, 1.82) is 0 Å². The Balaban J connectivity index is 0.000000270. The summed E-state index contributed by atoms with van der Waals surface area (Å²) in [7, 11) is 0. The molecule has 0 bridgehead atoms. The Bertz CT molecular complexity index is 2920. The number of hydroxylamine groups is 1. The predicted octanol–water partition coefficient (Wildman–Crippen LogP) is 8.03. The van der Waals surface area contributed by atoms with Gasteiger partial charge in [-0.3, -0.25) is 68.4 Å². The molecule has 2 saturated heterocycles. The second-order valence-corrected chi connectivity index (χ2v) is 20.2. The lowest BCUT2D eigenvalue weighted by molar-refractivity contribution is -0.137. The molecule has 8 rings (SSSR count). The number of benzene rings is 4. The van der Waals surface area contributed by atoms with E-state index < -0.39 is 82.5 Å². The number of nitrogens with zero attached hydrogens (tertiary/aromatic N) is 2. The standard InChI is InChI=1S/C36H36F3IN4O6.C19H23N3O4/c37-25-15-14-24(32(31(25)39)41-27-16-13-22(40)20-26(27)38)33(46)43-50-19-8-6-4-2-1-3-5-7-10-21-11-9-12-23-30(21)36(49)44(35(23)48)28-17-18-29(45)42-34(28)47;20-11-4-2-1-3-6-12-7-5-8-13-16(12)19(26)22(18(13)25)14-9-10-15(23)21-17(14)24/h9,11-16,20,28,41H,1-8,10,17-19H2,(H,43,46)(H,42,45,47);5,7-8,14H,1-4,6,9-11,20H2,(H,21,23,24). The van der Waals surface area contributed by atoms with Gasteiger partial charge in [0.1, 0.15) is 17.9 Å². The van der Waals surface area contributed by atoms with E-state index in [2.05, 4.69) is 21.4 Å². The van der Waals surface area contributed by atoms with Crippen molar-refractivity contribution in [3.8, 4) is 0 Å². The number of hydrogen-bond acceptors (Lipinski definition) is 12. The number of anilines is 2. The summed E-state index contributed by atoms with van der Waals surface area (Å²) in [6.45, 7) is 0.891. The van der Waals surface area contributed by atoms with E-state index in [9.17, 15) is 56.3 Å². The van der Waals surface area contributed by atoms with Crippen molar-refractivity contribution >= 4 is 87.1 Å². The number of fused-ring (bicyclic) bond motifs is 2. The lowest BCUT2D eigenvalue weighted by Gasteiger charge is -2.27. The molecule has 17 nitrogen and oxygen atoms in total. The molecule has 0 spiro atoms. The van der Waals surface area contributed by atoms with Gasteiger partial charge in [0.25, 0.3) is 29.5 Å². The smallest absolute Gasteiger partial charge is 0.277 e. The number of carbonyl (C=O) groups is 9. The summed E-state index contributed by atoms with van der Waals surface area (Å²) in [6, 6.07) is 14.6. The van der Waals surface area contributed by atoms with Crippen LogP contribution in [0.4, 0.5) is 24.5 Å². The van der Waals surface area contributed by atoms with E-state index in [1.165, 1.54) is 12.1 Å². The Labute approximate surface area is 450 Å². The number of halogens is 4. The zero-order valence-electron chi connectivity index (χ0n) is 41.7. The largest absolute Gasteiger partial charge is 0.350 e. The topological polar surface area (TPSA) is 243 Å². The third-order valence-corrected chi connectivity index (χ3v) is 14.3. The van der Waals surface area contributed by atoms with Crippen molar-refractivity contribution < 1.29 is 61.2 Å². The molecule has 2 atom stereocenters. The summed E-state index contributed by atoms with van der Waals surface area (Å²) in [5.41, 5.74) is 9.88. The van der Waals surface area contributed by atoms with Gasteiger partial charge >= 0.3 is 0 Å². The highest BCUT2D eigenvalue weighted by Gasteiger charge is 2.47. The number of nitrogens with two attached hydrogens (primary N) is 1. The highest BCUT2D eigenvalue weighted by molar-refractivity contribution is 14.1. The average Bonchev–Trinajstić information content (AvgIpc) is 3.82. The van der Waals surface area contributed by atoms with Crippen LogP contribution in [0.15, 0.2) is 66.7 Å². The number of imide groups is 4. The molecule has 0 aliphatic carbocycles. The Morgan fingerprint density at radius 2 is 1.12 bits per heavy atom. The lowest BCUT2D eigenvalue weighted by atomic mass is 9.97. The van der Waals surface area contributed by atoms with Crippen molar-refractivity contribution in [2.75, 3.05) is 18.5 Å². The molecule has 2 fully saturated rings. The van der Waals surface area contributed by atoms with Gasteiger partial charge in [-0.1, -0.05) is 75.6 Å². The Morgan fingerprint density at radius 3 is 1.62 bits per heavy atom. The fourth-order valence-electron chi connectivity index (χ4n) is 9.71. The minimum atomic E-state index is -1.32. The van der Waals surface area contributed by atoms with Gasteiger partial charge in [0.15, 0.2) is 11.6 Å². The molecule has 4 aromatic carbocycles. The first-order valence-electron chi connectivity index (χ1n) is 25.6. The maximum Gasteiger partial charge on any atom is 0.277 e. The van der Waals surface area contributed by atoms with Crippen molar-refractivity contribution in [2.24, 2.45) is 5.73 Å². The summed E-state index contributed by atoms with van der Waals surface area (Å²) in [6.07, 6.45) is 13.0. The minimum absolute atomic E-state index is 0.0734. The van der Waals surface area contributed by atoms with Crippen molar-refractivity contribution in [3.63, 3.8) is 0 Å². The number of piperidine rings is 2. The van der Waals surface area contributed by atoms with Crippen molar-refractivity contribution in [1.82, 2.24) is 25.9 Å². The van der Waals surface area contributed by atoms with Crippen LogP contribution in [0.3, 0.4) is 0 Å². The van der Waals surface area contributed by atoms with Gasteiger partial charge in [-0.2, -0.15) is 0 Å². The van der Waals surface area contributed by atoms with Crippen LogP contribution in [0, 0.1) is 21.0 Å². The highest BCUT2D eigenvalue weighted by atomic mass is 127. The lowest BCUT2D eigenvalue weighted by Crippen LogP contribution is -2.54. The molecule has 0 radical (unpaired) electrons. The Hall–Kier alpha value is -6.85. The van der Waals surface area contributed by atoms with Gasteiger partial charge in [-0.15, -0.1) is 0 Å². The number of unbranched alkanes of at least 4 members (excludes halogenated alkanes) is 10. The van der Waals surface area contributed by atoms with Crippen LogP contribution in [0.25, 0.3) is 0 Å². The van der Waals surface area contributed by atoms with E-state index in [-0.39, 0.29) is 49.4 Å². The fraction of sp³-hybridized carbons (Fsp3) is 0.400. The molecule has 76 heavy (non-hydrogen) atoms. The van der Waals surface area contributed by atoms with Crippen LogP contribution >= 0.6 is 22.6 Å². The molecule has 4 heterocycles. The summed E-state index contributed by atoms with van der Waals surface area (Å²) in [5, 5.41) is 6.90. The van der Waals surface area contributed by atoms with Gasteiger partial charge in [0.2, 0.25) is 23.6 Å². The second kappa shape index (κ2) is 26.8. The van der Waals surface area contributed by atoms with E-state index in [4.69, 9.17) is 10.6 Å². The van der Waals surface area contributed by atoms with Crippen LogP contribution in [0.2, 0.25) is 0 Å². The van der Waals surface area contributed by atoms with E-state index in [0.29, 0.717) is 51.6 Å². The van der Waals surface area contributed by atoms with Crippen LogP contribution in [0.5, 0.6) is 0 Å². The van der Waals surface area contributed by atoms with Gasteiger partial charge in [-0.05, 0) is 134 Å². The van der Waals surface area contributed by atoms with E-state index >= 15 is 0 Å². The predicted molar refractivity (Wildman–Crippen MR) is 280 cm³/mol. The first-order chi connectivity index (χ1) is 36.6. The number of nitrogens with one attached hydrogen (secondary N) is 4. The molecule has 0 aromatic heterocycles. The molecule has 2 unspecified atom stereocenters. The molecule has 6 N–H and O–H groups in total. The maximum absolute atomic E-state index is 14.6. The number of amides is 9. The van der Waals surface area contributed by atoms with E-state index in [1.807, 2.05) is 34.7 Å². The Kier molecular flexibility index (Phi) is 20.0. The molecule has 9 amide bonds. The van der Waals surface area contributed by atoms with E-state index in [0.717, 1.165) is 104 Å². The van der Waals surface area contributed by atoms with Gasteiger partial charge in [0.05, 0.1) is 45.8 Å². The first kappa shape index (κ1) is 56.9. The third kappa shape index (κ3) is 13.6.